The average Bonchev–Trinajstić information content (AvgIpc) is 2.17. The minimum Gasteiger partial charge on any atom is -0.506 e. The number of aromatic nitrogens is 1. The smallest absolute Gasteiger partial charge is 0.138 e. The van der Waals surface area contributed by atoms with Gasteiger partial charge in [-0.15, -0.1) is 0 Å². The Morgan fingerprint density at radius 2 is 2.20 bits per heavy atom. The summed E-state index contributed by atoms with van der Waals surface area (Å²) in [5.74, 6) is 0.255. The summed E-state index contributed by atoms with van der Waals surface area (Å²) >= 11 is 0. The van der Waals surface area contributed by atoms with Gasteiger partial charge in [-0.3, -0.25) is 4.98 Å². The van der Waals surface area contributed by atoms with Gasteiger partial charge in [0.2, 0.25) is 0 Å². The molecule has 0 aliphatic heterocycles. The van der Waals surface area contributed by atoms with E-state index in [1.54, 1.807) is 12.1 Å². The Hall–Kier alpha value is -1.35. The first kappa shape index (κ1) is 11.7. The van der Waals surface area contributed by atoms with Crippen LogP contribution in [0.4, 0.5) is 0 Å². The lowest BCUT2D eigenvalue weighted by Crippen LogP contribution is -2.14. The lowest BCUT2D eigenvalue weighted by atomic mass is 10.2. The van der Waals surface area contributed by atoms with Crippen LogP contribution in [-0.2, 0) is 6.54 Å². The summed E-state index contributed by atoms with van der Waals surface area (Å²) in [5.41, 5.74) is 2.91. The van der Waals surface area contributed by atoms with Gasteiger partial charge in [0.05, 0.1) is 5.69 Å². The molecule has 1 aromatic heterocycles. The molecule has 0 aromatic carbocycles. The molecule has 0 spiro atoms. The van der Waals surface area contributed by atoms with Gasteiger partial charge in [0.15, 0.2) is 0 Å². The molecule has 1 rings (SSSR count). The highest BCUT2D eigenvalue weighted by molar-refractivity contribution is 5.27. The second-order valence-corrected chi connectivity index (χ2v) is 3.83. The van der Waals surface area contributed by atoms with Crippen molar-refractivity contribution >= 4 is 0 Å². The molecule has 0 saturated carbocycles. The maximum atomic E-state index is 9.53. The Morgan fingerprint density at radius 3 is 2.87 bits per heavy atom. The quantitative estimate of drug-likeness (QED) is 0.586. The van der Waals surface area contributed by atoms with Crippen LogP contribution in [-0.4, -0.2) is 16.6 Å². The fourth-order valence-corrected chi connectivity index (χ4v) is 1.20. The Balaban J connectivity index is 2.50. The number of nitrogens with zero attached hydrogens (tertiary/aromatic N) is 1. The second kappa shape index (κ2) is 5.51. The molecule has 3 heteroatoms. The van der Waals surface area contributed by atoms with Crippen molar-refractivity contribution in [2.75, 3.05) is 6.54 Å². The topological polar surface area (TPSA) is 45.2 Å². The van der Waals surface area contributed by atoms with Gasteiger partial charge in [0.1, 0.15) is 5.75 Å². The number of aryl methyl sites for hydroxylation is 1. The first-order chi connectivity index (χ1) is 7.09. The first-order valence-corrected chi connectivity index (χ1v) is 5.09. The number of pyridine rings is 1. The van der Waals surface area contributed by atoms with E-state index in [0.717, 1.165) is 12.2 Å². The van der Waals surface area contributed by atoms with Gasteiger partial charge >= 0.3 is 0 Å². The minimum absolute atomic E-state index is 0.255. The molecule has 0 unspecified atom stereocenters. The molecule has 0 saturated heterocycles. The summed E-state index contributed by atoms with van der Waals surface area (Å²) < 4.78 is 0. The lowest BCUT2D eigenvalue weighted by Gasteiger charge is -2.05. The third kappa shape index (κ3) is 4.13. The zero-order chi connectivity index (χ0) is 11.3. The van der Waals surface area contributed by atoms with Crippen molar-refractivity contribution < 1.29 is 5.11 Å². The van der Waals surface area contributed by atoms with Gasteiger partial charge in [-0.25, -0.2) is 0 Å². The van der Waals surface area contributed by atoms with Gasteiger partial charge in [-0.1, -0.05) is 11.6 Å². The van der Waals surface area contributed by atoms with Crippen molar-refractivity contribution in [1.82, 2.24) is 10.3 Å². The molecular formula is C12H18N2O. The van der Waals surface area contributed by atoms with Gasteiger partial charge < -0.3 is 10.4 Å². The summed E-state index contributed by atoms with van der Waals surface area (Å²) in [4.78, 5) is 4.26. The molecule has 1 aromatic rings. The average molecular weight is 206 g/mol. The van der Waals surface area contributed by atoms with E-state index < -0.39 is 0 Å². The molecule has 0 atom stereocenters. The first-order valence-electron chi connectivity index (χ1n) is 5.09. The van der Waals surface area contributed by atoms with E-state index in [0.29, 0.717) is 12.2 Å². The maximum absolute atomic E-state index is 9.53. The Morgan fingerprint density at radius 1 is 1.47 bits per heavy atom. The molecule has 1 heterocycles. The van der Waals surface area contributed by atoms with Crippen molar-refractivity contribution in [3.8, 4) is 5.75 Å². The number of hydrogen-bond donors (Lipinski definition) is 2. The van der Waals surface area contributed by atoms with E-state index in [1.807, 2.05) is 6.92 Å². The highest BCUT2D eigenvalue weighted by atomic mass is 16.3. The molecular weight excluding hydrogens is 188 g/mol. The number of rotatable bonds is 4. The van der Waals surface area contributed by atoms with Crippen LogP contribution >= 0.6 is 0 Å². The second-order valence-electron chi connectivity index (χ2n) is 3.83. The van der Waals surface area contributed by atoms with E-state index >= 15 is 0 Å². The fraction of sp³-hybridized carbons (Fsp3) is 0.417. The highest BCUT2D eigenvalue weighted by Crippen LogP contribution is 2.13. The van der Waals surface area contributed by atoms with Crippen LogP contribution in [0.5, 0.6) is 5.75 Å². The van der Waals surface area contributed by atoms with Crippen LogP contribution in [0, 0.1) is 6.92 Å². The highest BCUT2D eigenvalue weighted by Gasteiger charge is 2.01. The zero-order valence-corrected chi connectivity index (χ0v) is 9.54. The Bertz CT molecular complexity index is 355. The molecule has 15 heavy (non-hydrogen) atoms. The Kier molecular flexibility index (Phi) is 4.31. The summed E-state index contributed by atoms with van der Waals surface area (Å²) in [6, 6.07) is 3.48. The van der Waals surface area contributed by atoms with E-state index in [4.69, 9.17) is 0 Å². The van der Waals surface area contributed by atoms with Crippen molar-refractivity contribution in [1.29, 1.82) is 0 Å². The standard InChI is InChI=1S/C12H18N2O/c1-9(2)6-7-13-8-11-12(15)5-4-10(3)14-11/h4-6,13,15H,7-8H2,1-3H3. The largest absolute Gasteiger partial charge is 0.506 e. The Labute approximate surface area is 90.9 Å². The number of hydrogen-bond acceptors (Lipinski definition) is 3. The number of aromatic hydroxyl groups is 1. The fourth-order valence-electron chi connectivity index (χ4n) is 1.20. The zero-order valence-electron chi connectivity index (χ0n) is 9.54. The normalized spacial score (nSPS) is 10.1. The SMILES string of the molecule is CC(C)=CCNCc1nc(C)ccc1O. The molecule has 3 nitrogen and oxygen atoms in total. The van der Waals surface area contributed by atoms with Crippen LogP contribution < -0.4 is 5.32 Å². The van der Waals surface area contributed by atoms with Crippen LogP contribution in [0.15, 0.2) is 23.8 Å². The number of nitrogens with one attached hydrogen (secondary N) is 1. The number of allylic oxidation sites excluding steroid dienone is 1. The molecule has 0 radical (unpaired) electrons. The van der Waals surface area contributed by atoms with Crippen molar-refractivity contribution in [3.05, 3.63) is 35.2 Å². The van der Waals surface area contributed by atoms with E-state index in [9.17, 15) is 5.11 Å². The van der Waals surface area contributed by atoms with Gasteiger partial charge in [0.25, 0.3) is 0 Å². The van der Waals surface area contributed by atoms with Crippen molar-refractivity contribution in [3.63, 3.8) is 0 Å². The summed E-state index contributed by atoms with van der Waals surface area (Å²) in [6.07, 6.45) is 2.10. The van der Waals surface area contributed by atoms with Gasteiger partial charge in [-0.2, -0.15) is 0 Å². The van der Waals surface area contributed by atoms with Gasteiger partial charge in [-0.05, 0) is 32.9 Å². The predicted octanol–water partition coefficient (Wildman–Crippen LogP) is 2.15. The summed E-state index contributed by atoms with van der Waals surface area (Å²) in [6.45, 7) is 7.43. The predicted molar refractivity (Wildman–Crippen MR) is 61.8 cm³/mol. The van der Waals surface area contributed by atoms with Crippen LogP contribution in [0.3, 0.4) is 0 Å². The van der Waals surface area contributed by atoms with Crippen LogP contribution in [0.2, 0.25) is 0 Å². The van der Waals surface area contributed by atoms with E-state index in [2.05, 4.69) is 30.2 Å². The minimum atomic E-state index is 0.255. The van der Waals surface area contributed by atoms with Crippen molar-refractivity contribution in [2.45, 2.75) is 27.3 Å². The van der Waals surface area contributed by atoms with E-state index in [-0.39, 0.29) is 5.75 Å². The monoisotopic (exact) mass is 206 g/mol. The van der Waals surface area contributed by atoms with Crippen molar-refractivity contribution in [2.24, 2.45) is 0 Å². The third-order valence-electron chi connectivity index (χ3n) is 2.04. The third-order valence-corrected chi connectivity index (χ3v) is 2.04. The summed E-state index contributed by atoms with van der Waals surface area (Å²) in [5, 5.41) is 12.7. The molecule has 82 valence electrons. The molecule has 0 bridgehead atoms. The molecule has 0 amide bonds. The van der Waals surface area contributed by atoms with Gasteiger partial charge in [0, 0.05) is 18.8 Å². The van der Waals surface area contributed by atoms with Crippen LogP contribution in [0.25, 0.3) is 0 Å². The molecule has 0 aliphatic carbocycles. The molecule has 0 fully saturated rings. The lowest BCUT2D eigenvalue weighted by molar-refractivity contribution is 0.460. The molecule has 0 aliphatic rings. The molecule has 2 N–H and O–H groups in total. The van der Waals surface area contributed by atoms with Crippen LogP contribution in [0.1, 0.15) is 25.2 Å². The summed E-state index contributed by atoms with van der Waals surface area (Å²) in [7, 11) is 0. The maximum Gasteiger partial charge on any atom is 0.138 e. The van der Waals surface area contributed by atoms with E-state index in [1.165, 1.54) is 5.57 Å².